The summed E-state index contributed by atoms with van der Waals surface area (Å²) >= 11 is 0. The molecule has 0 radical (unpaired) electrons. The van der Waals surface area contributed by atoms with Crippen molar-refractivity contribution in [1.29, 1.82) is 0 Å². The zero-order chi connectivity index (χ0) is 28.1. The lowest BCUT2D eigenvalue weighted by Gasteiger charge is -2.13. The van der Waals surface area contributed by atoms with Gasteiger partial charge in [-0.2, -0.15) is 0 Å². The highest BCUT2D eigenvalue weighted by Gasteiger charge is 2.25. The molecule has 200 valence electrons. The zero-order valence-electron chi connectivity index (χ0n) is 22.9. The quantitative estimate of drug-likeness (QED) is 0.215. The van der Waals surface area contributed by atoms with Crippen LogP contribution in [0.3, 0.4) is 0 Å². The molecule has 0 unspecified atom stereocenters. The number of nitrogens with zero attached hydrogens (tertiary/aromatic N) is 4. The van der Waals surface area contributed by atoms with Crippen LogP contribution < -0.4 is 0 Å². The van der Waals surface area contributed by atoms with Crippen molar-refractivity contribution in [3.63, 3.8) is 0 Å². The van der Waals surface area contributed by atoms with E-state index in [4.69, 9.17) is 14.4 Å². The molecule has 4 heterocycles. The number of furan rings is 1. The highest BCUT2D eigenvalue weighted by atomic mass is 16.3. The minimum absolute atomic E-state index is 0.772. The molecule has 0 atom stereocenters. The minimum atomic E-state index is 0.772. The summed E-state index contributed by atoms with van der Waals surface area (Å²) in [5.74, 6) is 0.772. The number of aromatic nitrogens is 4. The van der Waals surface area contributed by atoms with Crippen molar-refractivity contribution in [2.24, 2.45) is 0 Å². The van der Waals surface area contributed by atoms with E-state index >= 15 is 0 Å². The SMILES string of the molecule is c1ccc2nc(-n3c4ccccc4c4c(-n5c6ccccc6c6ccccc65)c5c(cc43)oc3ccccc35)cnc2c1. The van der Waals surface area contributed by atoms with Crippen molar-refractivity contribution in [3.05, 3.63) is 134 Å². The van der Waals surface area contributed by atoms with E-state index in [1.165, 1.54) is 10.8 Å². The summed E-state index contributed by atoms with van der Waals surface area (Å²) in [6, 6.07) is 44.5. The van der Waals surface area contributed by atoms with Crippen LogP contribution in [0.1, 0.15) is 0 Å². The Hall–Kier alpha value is -5.94. The second kappa shape index (κ2) is 8.30. The standard InChI is InChI=1S/C38H22N4O/c1-7-17-29-23(11-1)24-12-2-8-18-30(24)42(29)38-36-25-13-3-9-19-31(25)41(35-22-39-27-15-5-6-16-28(27)40-35)32(36)21-34-37(38)26-14-4-10-20-33(26)43-34/h1-22H. The second-order valence-corrected chi connectivity index (χ2v) is 11.0. The summed E-state index contributed by atoms with van der Waals surface area (Å²) in [5, 5.41) is 6.94. The van der Waals surface area contributed by atoms with Crippen LogP contribution in [-0.4, -0.2) is 19.1 Å². The average molecular weight is 551 g/mol. The van der Waals surface area contributed by atoms with Crippen molar-refractivity contribution < 1.29 is 4.42 Å². The van der Waals surface area contributed by atoms with Crippen LogP contribution in [0.4, 0.5) is 0 Å². The molecule has 4 aromatic heterocycles. The highest BCUT2D eigenvalue weighted by molar-refractivity contribution is 6.25. The van der Waals surface area contributed by atoms with Gasteiger partial charge in [0.25, 0.3) is 0 Å². The number of rotatable bonds is 2. The Morgan fingerprint density at radius 2 is 1.05 bits per heavy atom. The van der Waals surface area contributed by atoms with Gasteiger partial charge in [0.1, 0.15) is 11.2 Å². The lowest BCUT2D eigenvalue weighted by atomic mass is 10.0. The van der Waals surface area contributed by atoms with Crippen molar-refractivity contribution in [2.45, 2.75) is 0 Å². The molecule has 43 heavy (non-hydrogen) atoms. The van der Waals surface area contributed by atoms with E-state index in [2.05, 4.69) is 106 Å². The molecule has 0 bridgehead atoms. The summed E-state index contributed by atoms with van der Waals surface area (Å²) in [5.41, 5.74) is 8.96. The Morgan fingerprint density at radius 1 is 0.465 bits per heavy atom. The molecule has 0 saturated carbocycles. The third-order valence-corrected chi connectivity index (χ3v) is 8.74. The van der Waals surface area contributed by atoms with Crippen molar-refractivity contribution in [1.82, 2.24) is 19.1 Å². The molecule has 10 rings (SSSR count). The van der Waals surface area contributed by atoms with E-state index < -0.39 is 0 Å². The molecular weight excluding hydrogens is 528 g/mol. The Kier molecular flexibility index (Phi) is 4.39. The summed E-state index contributed by atoms with van der Waals surface area (Å²) in [6.07, 6.45) is 1.87. The minimum Gasteiger partial charge on any atom is -0.456 e. The summed E-state index contributed by atoms with van der Waals surface area (Å²) in [4.78, 5) is 9.89. The molecule has 6 aromatic carbocycles. The molecule has 10 aromatic rings. The Labute approximate surface area is 244 Å². The normalized spacial score (nSPS) is 12.2. The number of benzene rings is 6. The molecule has 0 aliphatic carbocycles. The van der Waals surface area contributed by atoms with E-state index in [1.807, 2.05) is 36.5 Å². The van der Waals surface area contributed by atoms with Crippen molar-refractivity contribution in [2.75, 3.05) is 0 Å². The largest absolute Gasteiger partial charge is 0.456 e. The first-order valence-corrected chi connectivity index (χ1v) is 14.4. The number of para-hydroxylation sites is 6. The number of hydrogen-bond acceptors (Lipinski definition) is 3. The first kappa shape index (κ1) is 22.7. The smallest absolute Gasteiger partial charge is 0.156 e. The van der Waals surface area contributed by atoms with Gasteiger partial charge in [0.2, 0.25) is 0 Å². The van der Waals surface area contributed by atoms with Gasteiger partial charge in [-0.1, -0.05) is 84.9 Å². The maximum Gasteiger partial charge on any atom is 0.156 e. The van der Waals surface area contributed by atoms with Gasteiger partial charge in [-0.15, -0.1) is 0 Å². The number of fused-ring (bicyclic) bond motifs is 10. The van der Waals surface area contributed by atoms with Crippen LogP contribution in [0.25, 0.3) is 88.1 Å². The maximum atomic E-state index is 6.62. The molecule has 0 aliphatic heterocycles. The van der Waals surface area contributed by atoms with E-state index in [-0.39, 0.29) is 0 Å². The lowest BCUT2D eigenvalue weighted by molar-refractivity contribution is 0.669. The molecule has 0 saturated heterocycles. The monoisotopic (exact) mass is 550 g/mol. The van der Waals surface area contributed by atoms with Gasteiger partial charge in [0, 0.05) is 33.0 Å². The lowest BCUT2D eigenvalue weighted by Crippen LogP contribution is -2.00. The van der Waals surface area contributed by atoms with Crippen LogP contribution >= 0.6 is 0 Å². The fourth-order valence-corrected chi connectivity index (χ4v) is 6.99. The van der Waals surface area contributed by atoms with Crippen LogP contribution in [0.15, 0.2) is 138 Å². The predicted molar refractivity (Wildman–Crippen MR) is 175 cm³/mol. The van der Waals surface area contributed by atoms with Crippen molar-refractivity contribution >= 4 is 76.6 Å². The van der Waals surface area contributed by atoms with Crippen molar-refractivity contribution in [3.8, 4) is 11.5 Å². The first-order chi connectivity index (χ1) is 21.3. The van der Waals surface area contributed by atoms with Crippen LogP contribution in [0.5, 0.6) is 0 Å². The zero-order valence-corrected chi connectivity index (χ0v) is 22.9. The van der Waals surface area contributed by atoms with Crippen LogP contribution in [-0.2, 0) is 0 Å². The molecule has 0 aliphatic rings. The Bertz CT molecular complexity index is 2690. The first-order valence-electron chi connectivity index (χ1n) is 14.4. The van der Waals surface area contributed by atoms with Gasteiger partial charge in [0.15, 0.2) is 5.82 Å². The molecule has 0 fully saturated rings. The number of hydrogen-bond donors (Lipinski definition) is 0. The topological polar surface area (TPSA) is 48.8 Å². The fraction of sp³-hybridized carbons (Fsp3) is 0. The Morgan fingerprint density at radius 3 is 1.79 bits per heavy atom. The second-order valence-electron chi connectivity index (χ2n) is 11.0. The molecule has 5 nitrogen and oxygen atoms in total. The molecule has 0 amide bonds. The van der Waals surface area contributed by atoms with E-state index in [9.17, 15) is 0 Å². The summed E-state index contributed by atoms with van der Waals surface area (Å²) < 4.78 is 11.3. The molecule has 0 N–H and O–H groups in total. The third kappa shape index (κ3) is 3.00. The molecule has 0 spiro atoms. The Balaban J connectivity index is 1.48. The fourth-order valence-electron chi connectivity index (χ4n) is 6.99. The van der Waals surface area contributed by atoms with Crippen LogP contribution in [0, 0.1) is 0 Å². The van der Waals surface area contributed by atoms with Gasteiger partial charge >= 0.3 is 0 Å². The van der Waals surface area contributed by atoms with Gasteiger partial charge in [-0.05, 0) is 36.4 Å². The summed E-state index contributed by atoms with van der Waals surface area (Å²) in [7, 11) is 0. The maximum absolute atomic E-state index is 6.62. The highest BCUT2D eigenvalue weighted by Crippen LogP contribution is 2.45. The van der Waals surface area contributed by atoms with Gasteiger partial charge in [0.05, 0.1) is 50.4 Å². The van der Waals surface area contributed by atoms with Gasteiger partial charge in [-0.3, -0.25) is 9.55 Å². The van der Waals surface area contributed by atoms with Gasteiger partial charge < -0.3 is 8.98 Å². The average Bonchev–Trinajstić information content (AvgIpc) is 3.71. The van der Waals surface area contributed by atoms with E-state index in [0.29, 0.717) is 0 Å². The molecular formula is C38H22N4O. The van der Waals surface area contributed by atoms with E-state index in [1.54, 1.807) is 0 Å². The van der Waals surface area contributed by atoms with Crippen LogP contribution in [0.2, 0.25) is 0 Å². The molecule has 5 heteroatoms. The predicted octanol–water partition coefficient (Wildman–Crippen LogP) is 9.72. The summed E-state index contributed by atoms with van der Waals surface area (Å²) in [6.45, 7) is 0. The van der Waals surface area contributed by atoms with E-state index in [0.717, 1.165) is 77.3 Å². The third-order valence-electron chi connectivity index (χ3n) is 8.74. The van der Waals surface area contributed by atoms with Gasteiger partial charge in [-0.25, -0.2) is 4.98 Å².